The summed E-state index contributed by atoms with van der Waals surface area (Å²) in [5, 5.41) is 11.0. The Balaban J connectivity index is 1.67. The quantitative estimate of drug-likeness (QED) is 0.767. The molecule has 2 rings (SSSR count). The summed E-state index contributed by atoms with van der Waals surface area (Å²) in [5.74, 6) is -1.27. The number of carbonyl (C=O) groups is 3. The Morgan fingerprint density at radius 3 is 2.25 bits per heavy atom. The largest absolute Gasteiger partial charge is 0.481 e. The molecule has 0 bridgehead atoms. The van der Waals surface area contributed by atoms with Crippen LogP contribution in [-0.4, -0.2) is 60.5 Å². The highest BCUT2D eigenvalue weighted by Crippen LogP contribution is 2.16. The van der Waals surface area contributed by atoms with Crippen LogP contribution in [-0.2, 0) is 14.4 Å². The first-order valence-electron chi connectivity index (χ1n) is 8.12. The van der Waals surface area contributed by atoms with Crippen LogP contribution in [0.4, 0.5) is 5.69 Å². The smallest absolute Gasteiger partial charge is 0.305 e. The van der Waals surface area contributed by atoms with Crippen LogP contribution in [0, 0.1) is 0 Å². The molecule has 0 radical (unpaired) electrons. The molecule has 1 aliphatic rings. The summed E-state index contributed by atoms with van der Waals surface area (Å²) in [4.78, 5) is 38.1. The van der Waals surface area contributed by atoms with Gasteiger partial charge in [0, 0.05) is 51.3 Å². The van der Waals surface area contributed by atoms with Crippen molar-refractivity contribution in [2.75, 3.05) is 37.6 Å². The molecule has 0 spiro atoms. The zero-order valence-electron chi connectivity index (χ0n) is 13.6. The highest BCUT2D eigenvalue weighted by Gasteiger charge is 2.21. The fraction of sp³-hybridized carbons (Fsp3) is 0.471. The summed E-state index contributed by atoms with van der Waals surface area (Å²) >= 11 is 0. The number of carbonyl (C=O) groups excluding carboxylic acids is 2. The maximum atomic E-state index is 12.2. The van der Waals surface area contributed by atoms with E-state index >= 15 is 0 Å². The number of hydrogen-bond acceptors (Lipinski definition) is 4. The summed E-state index contributed by atoms with van der Waals surface area (Å²) < 4.78 is 0. The molecule has 130 valence electrons. The Morgan fingerprint density at radius 2 is 1.62 bits per heavy atom. The van der Waals surface area contributed by atoms with Crippen LogP contribution in [0.3, 0.4) is 0 Å². The second-order valence-corrected chi connectivity index (χ2v) is 5.70. The Hall–Kier alpha value is -2.57. The number of carboxylic acids is 1. The van der Waals surface area contributed by atoms with Crippen molar-refractivity contribution in [2.24, 2.45) is 0 Å². The Bertz CT molecular complexity index is 568. The summed E-state index contributed by atoms with van der Waals surface area (Å²) in [6, 6.07) is 10.1. The molecule has 24 heavy (non-hydrogen) atoms. The number of carboxylic acid groups (broad SMARTS) is 1. The Kier molecular flexibility index (Phi) is 6.60. The number of hydrogen-bond donors (Lipinski definition) is 2. The molecule has 0 atom stereocenters. The first-order chi connectivity index (χ1) is 11.6. The van der Waals surface area contributed by atoms with Crippen molar-refractivity contribution in [3.8, 4) is 0 Å². The average Bonchev–Trinajstić information content (AvgIpc) is 2.60. The van der Waals surface area contributed by atoms with Crippen molar-refractivity contribution in [1.29, 1.82) is 0 Å². The molecule has 0 unspecified atom stereocenters. The highest BCUT2D eigenvalue weighted by atomic mass is 16.4. The number of piperazine rings is 1. The minimum atomic E-state index is -0.956. The van der Waals surface area contributed by atoms with E-state index in [2.05, 4.69) is 22.3 Å². The lowest BCUT2D eigenvalue weighted by Gasteiger charge is -2.36. The van der Waals surface area contributed by atoms with Gasteiger partial charge in [0.05, 0.1) is 6.42 Å². The minimum Gasteiger partial charge on any atom is -0.481 e. The molecular formula is C17H23N3O4. The number of amides is 2. The van der Waals surface area contributed by atoms with Gasteiger partial charge in [0.25, 0.3) is 0 Å². The van der Waals surface area contributed by atoms with Crippen molar-refractivity contribution in [1.82, 2.24) is 10.2 Å². The zero-order chi connectivity index (χ0) is 17.4. The number of para-hydroxylation sites is 1. The van der Waals surface area contributed by atoms with E-state index in [1.807, 2.05) is 18.2 Å². The maximum absolute atomic E-state index is 12.2. The molecular weight excluding hydrogens is 310 g/mol. The topological polar surface area (TPSA) is 89.9 Å². The van der Waals surface area contributed by atoms with Crippen LogP contribution in [0.15, 0.2) is 30.3 Å². The second-order valence-electron chi connectivity index (χ2n) is 5.70. The molecule has 2 N–H and O–H groups in total. The number of benzene rings is 1. The predicted octanol–water partition coefficient (Wildman–Crippen LogP) is 0.706. The van der Waals surface area contributed by atoms with Crippen molar-refractivity contribution in [2.45, 2.75) is 19.3 Å². The maximum Gasteiger partial charge on any atom is 0.305 e. The third-order valence-corrected chi connectivity index (χ3v) is 3.98. The van der Waals surface area contributed by atoms with Gasteiger partial charge in [0.2, 0.25) is 11.8 Å². The van der Waals surface area contributed by atoms with E-state index < -0.39 is 5.97 Å². The number of nitrogens with one attached hydrogen (secondary N) is 1. The molecule has 7 heteroatoms. The van der Waals surface area contributed by atoms with Crippen molar-refractivity contribution in [3.63, 3.8) is 0 Å². The third-order valence-electron chi connectivity index (χ3n) is 3.98. The lowest BCUT2D eigenvalue weighted by molar-refractivity contribution is -0.137. The molecule has 7 nitrogen and oxygen atoms in total. The van der Waals surface area contributed by atoms with Crippen molar-refractivity contribution in [3.05, 3.63) is 30.3 Å². The van der Waals surface area contributed by atoms with Crippen molar-refractivity contribution < 1.29 is 19.5 Å². The van der Waals surface area contributed by atoms with E-state index in [4.69, 9.17) is 5.11 Å². The first-order valence-corrected chi connectivity index (χ1v) is 8.12. The number of anilines is 1. The standard InChI is InChI=1S/C17H23N3O4/c21-15(18-9-8-17(23)24)6-7-16(22)20-12-10-19(11-13-20)14-4-2-1-3-5-14/h1-5H,6-13H2,(H,18,21)(H,23,24). The monoisotopic (exact) mass is 333 g/mol. The number of rotatable bonds is 7. The molecule has 2 amide bonds. The van der Waals surface area contributed by atoms with Gasteiger partial charge >= 0.3 is 5.97 Å². The van der Waals surface area contributed by atoms with Gasteiger partial charge in [0.15, 0.2) is 0 Å². The van der Waals surface area contributed by atoms with Crippen LogP contribution >= 0.6 is 0 Å². The van der Waals surface area contributed by atoms with Crippen molar-refractivity contribution >= 4 is 23.5 Å². The summed E-state index contributed by atoms with van der Waals surface area (Å²) in [6.07, 6.45) is 0.142. The van der Waals surface area contributed by atoms with Gasteiger partial charge in [-0.15, -0.1) is 0 Å². The summed E-state index contributed by atoms with van der Waals surface area (Å²) in [5.41, 5.74) is 1.16. The Labute approximate surface area is 141 Å². The minimum absolute atomic E-state index is 0.0314. The van der Waals surface area contributed by atoms with Crippen LogP contribution < -0.4 is 10.2 Å². The fourth-order valence-electron chi connectivity index (χ4n) is 2.63. The van der Waals surface area contributed by atoms with Crippen LogP contribution in [0.1, 0.15) is 19.3 Å². The number of aliphatic carboxylic acids is 1. The van der Waals surface area contributed by atoms with E-state index in [-0.39, 0.29) is 37.6 Å². The van der Waals surface area contributed by atoms with Crippen LogP contribution in [0.2, 0.25) is 0 Å². The molecule has 1 aromatic carbocycles. The fourth-order valence-corrected chi connectivity index (χ4v) is 2.63. The third kappa shape index (κ3) is 5.57. The first kappa shape index (κ1) is 17.8. The second kappa shape index (κ2) is 8.90. The normalized spacial score (nSPS) is 14.3. The highest BCUT2D eigenvalue weighted by molar-refractivity contribution is 5.84. The van der Waals surface area contributed by atoms with E-state index in [9.17, 15) is 14.4 Å². The average molecular weight is 333 g/mol. The van der Waals surface area contributed by atoms with Gasteiger partial charge in [0.1, 0.15) is 0 Å². The van der Waals surface area contributed by atoms with E-state index in [1.165, 1.54) is 0 Å². The summed E-state index contributed by atoms with van der Waals surface area (Å²) in [6.45, 7) is 2.95. The van der Waals surface area contributed by atoms with E-state index in [1.54, 1.807) is 4.90 Å². The molecule has 1 fully saturated rings. The molecule has 1 aliphatic heterocycles. The van der Waals surface area contributed by atoms with E-state index in [0.717, 1.165) is 18.8 Å². The van der Waals surface area contributed by atoms with E-state index in [0.29, 0.717) is 13.1 Å². The molecule has 0 saturated carbocycles. The molecule has 1 heterocycles. The zero-order valence-corrected chi connectivity index (χ0v) is 13.6. The lowest BCUT2D eigenvalue weighted by Crippen LogP contribution is -2.49. The van der Waals surface area contributed by atoms with Gasteiger partial charge in [-0.05, 0) is 12.1 Å². The number of nitrogens with zero attached hydrogens (tertiary/aromatic N) is 2. The van der Waals surface area contributed by atoms with Gasteiger partial charge < -0.3 is 20.2 Å². The van der Waals surface area contributed by atoms with Gasteiger partial charge in [-0.1, -0.05) is 18.2 Å². The van der Waals surface area contributed by atoms with Gasteiger partial charge in [-0.3, -0.25) is 14.4 Å². The van der Waals surface area contributed by atoms with Crippen LogP contribution in [0.5, 0.6) is 0 Å². The predicted molar refractivity (Wildman–Crippen MR) is 89.7 cm³/mol. The Morgan fingerprint density at radius 1 is 0.958 bits per heavy atom. The summed E-state index contributed by atoms with van der Waals surface area (Å²) in [7, 11) is 0. The molecule has 1 saturated heterocycles. The van der Waals surface area contributed by atoms with Gasteiger partial charge in [-0.2, -0.15) is 0 Å². The molecule has 1 aromatic rings. The lowest BCUT2D eigenvalue weighted by atomic mass is 10.2. The van der Waals surface area contributed by atoms with Gasteiger partial charge in [-0.25, -0.2) is 0 Å². The molecule has 0 aliphatic carbocycles. The van der Waals surface area contributed by atoms with Crippen LogP contribution in [0.25, 0.3) is 0 Å². The molecule has 0 aromatic heterocycles. The SMILES string of the molecule is O=C(O)CCNC(=O)CCC(=O)N1CCN(c2ccccc2)CC1.